The van der Waals surface area contributed by atoms with Crippen LogP contribution in [-0.2, 0) is 6.18 Å². The number of halogens is 4. The molecule has 0 N–H and O–H groups in total. The highest BCUT2D eigenvalue weighted by atomic mass is 79.9. The number of carbonyl (C=O) groups excluding carboxylic acids is 1. The Morgan fingerprint density at radius 1 is 1.41 bits per heavy atom. The Bertz CT molecular complexity index is 416. The second kappa shape index (κ2) is 5.53. The molecule has 0 unspecified atom stereocenters. The van der Waals surface area contributed by atoms with Crippen molar-refractivity contribution in [1.82, 2.24) is 0 Å². The van der Waals surface area contributed by atoms with Crippen molar-refractivity contribution >= 4 is 21.7 Å². The molecule has 0 amide bonds. The van der Waals surface area contributed by atoms with E-state index in [1.165, 1.54) is 0 Å². The lowest BCUT2D eigenvalue weighted by Gasteiger charge is -2.12. The topological polar surface area (TPSA) is 26.3 Å². The van der Waals surface area contributed by atoms with Gasteiger partial charge in [0, 0.05) is 17.3 Å². The molecule has 0 saturated carbocycles. The Labute approximate surface area is 105 Å². The van der Waals surface area contributed by atoms with E-state index in [4.69, 9.17) is 0 Å². The molecule has 1 aromatic rings. The third-order valence-corrected chi connectivity index (χ3v) is 2.55. The fraction of sp³-hybridized carbons (Fsp3) is 0.364. The van der Waals surface area contributed by atoms with Crippen LogP contribution in [0.5, 0.6) is 5.75 Å². The number of benzene rings is 1. The van der Waals surface area contributed by atoms with Crippen LogP contribution in [0.2, 0.25) is 0 Å². The second-order valence-electron chi connectivity index (χ2n) is 3.27. The van der Waals surface area contributed by atoms with Crippen LogP contribution >= 0.6 is 15.9 Å². The Balaban J connectivity index is 3.13. The first-order valence-electron chi connectivity index (χ1n) is 4.74. The number of Topliss-reactive ketones (excluding diaryl/α,β-unsaturated/α-hetero) is 1. The van der Waals surface area contributed by atoms with E-state index in [9.17, 15) is 18.0 Å². The van der Waals surface area contributed by atoms with E-state index in [2.05, 4.69) is 20.7 Å². The van der Waals surface area contributed by atoms with Crippen LogP contribution in [0.15, 0.2) is 18.2 Å². The lowest BCUT2D eigenvalue weighted by atomic mass is 10.1. The highest BCUT2D eigenvalue weighted by Crippen LogP contribution is 2.36. The molecule has 17 heavy (non-hydrogen) atoms. The quantitative estimate of drug-likeness (QED) is 0.626. The Morgan fingerprint density at radius 3 is 2.53 bits per heavy atom. The van der Waals surface area contributed by atoms with Crippen LogP contribution < -0.4 is 4.74 Å². The van der Waals surface area contributed by atoms with E-state index in [1.54, 1.807) is 0 Å². The van der Waals surface area contributed by atoms with Gasteiger partial charge in [0.2, 0.25) is 0 Å². The standard InChI is InChI=1S/C11H10BrF3O2/c1-17-10-6-7(9(16)4-5-12)2-3-8(10)11(13,14)15/h2-3,6H,4-5H2,1H3. The number of carbonyl (C=O) groups is 1. The zero-order chi connectivity index (χ0) is 13.1. The van der Waals surface area contributed by atoms with Crippen LogP contribution in [0.1, 0.15) is 22.3 Å². The lowest BCUT2D eigenvalue weighted by Crippen LogP contribution is -2.09. The molecule has 0 aliphatic carbocycles. The first-order chi connectivity index (χ1) is 7.90. The first-order valence-corrected chi connectivity index (χ1v) is 5.86. The molecule has 0 fully saturated rings. The van der Waals surface area contributed by atoms with E-state index in [0.717, 1.165) is 25.3 Å². The molecular formula is C11H10BrF3O2. The van der Waals surface area contributed by atoms with E-state index in [-0.39, 0.29) is 23.5 Å². The minimum atomic E-state index is -4.48. The van der Waals surface area contributed by atoms with E-state index < -0.39 is 11.7 Å². The number of rotatable bonds is 4. The highest BCUT2D eigenvalue weighted by molar-refractivity contribution is 9.09. The van der Waals surface area contributed by atoms with Crippen LogP contribution in [0.4, 0.5) is 13.2 Å². The molecule has 94 valence electrons. The van der Waals surface area contributed by atoms with Crippen LogP contribution in [-0.4, -0.2) is 18.2 Å². The van der Waals surface area contributed by atoms with Crippen LogP contribution in [0, 0.1) is 0 Å². The van der Waals surface area contributed by atoms with Crippen molar-refractivity contribution in [2.24, 2.45) is 0 Å². The monoisotopic (exact) mass is 310 g/mol. The van der Waals surface area contributed by atoms with Gasteiger partial charge in [0.25, 0.3) is 0 Å². The summed E-state index contributed by atoms with van der Waals surface area (Å²) in [7, 11) is 1.14. The number of ether oxygens (including phenoxy) is 1. The van der Waals surface area contributed by atoms with Gasteiger partial charge in [0.15, 0.2) is 5.78 Å². The van der Waals surface area contributed by atoms with Gasteiger partial charge in [0.05, 0.1) is 12.7 Å². The average molecular weight is 311 g/mol. The van der Waals surface area contributed by atoms with Gasteiger partial charge in [-0.25, -0.2) is 0 Å². The fourth-order valence-electron chi connectivity index (χ4n) is 1.33. The largest absolute Gasteiger partial charge is 0.496 e. The normalized spacial score (nSPS) is 11.4. The maximum atomic E-state index is 12.5. The predicted octanol–water partition coefficient (Wildman–Crippen LogP) is 3.68. The summed E-state index contributed by atoms with van der Waals surface area (Å²) in [6.07, 6.45) is -4.25. The summed E-state index contributed by atoms with van der Waals surface area (Å²) in [4.78, 5) is 11.5. The molecule has 1 rings (SSSR count). The van der Waals surface area contributed by atoms with Crippen molar-refractivity contribution in [3.63, 3.8) is 0 Å². The molecular weight excluding hydrogens is 301 g/mol. The smallest absolute Gasteiger partial charge is 0.419 e. The molecule has 1 aromatic carbocycles. The van der Waals surface area contributed by atoms with Gasteiger partial charge in [-0.15, -0.1) is 0 Å². The minimum Gasteiger partial charge on any atom is -0.496 e. The average Bonchev–Trinajstić information content (AvgIpc) is 2.27. The SMILES string of the molecule is COc1cc(C(=O)CCBr)ccc1C(F)(F)F. The van der Waals surface area contributed by atoms with Gasteiger partial charge < -0.3 is 4.74 Å². The Hall–Kier alpha value is -1.04. The molecule has 0 aromatic heterocycles. The summed E-state index contributed by atoms with van der Waals surface area (Å²) in [5, 5.41) is 0.467. The maximum Gasteiger partial charge on any atom is 0.419 e. The van der Waals surface area contributed by atoms with Crippen molar-refractivity contribution < 1.29 is 22.7 Å². The number of methoxy groups -OCH3 is 1. The molecule has 0 spiro atoms. The van der Waals surface area contributed by atoms with Crippen molar-refractivity contribution in [2.75, 3.05) is 12.4 Å². The Morgan fingerprint density at radius 2 is 2.06 bits per heavy atom. The van der Waals surface area contributed by atoms with Gasteiger partial charge in [-0.1, -0.05) is 22.0 Å². The molecule has 0 aliphatic rings. The molecule has 0 bridgehead atoms. The Kier molecular flexibility index (Phi) is 4.56. The number of alkyl halides is 4. The number of hydrogen-bond acceptors (Lipinski definition) is 2. The highest BCUT2D eigenvalue weighted by Gasteiger charge is 2.34. The fourth-order valence-corrected chi connectivity index (χ4v) is 1.69. The summed E-state index contributed by atoms with van der Waals surface area (Å²) in [5.74, 6) is -0.563. The van der Waals surface area contributed by atoms with E-state index in [0.29, 0.717) is 5.33 Å². The maximum absolute atomic E-state index is 12.5. The number of ketones is 1. The van der Waals surface area contributed by atoms with Gasteiger partial charge in [0.1, 0.15) is 5.75 Å². The van der Waals surface area contributed by atoms with E-state index in [1.807, 2.05) is 0 Å². The van der Waals surface area contributed by atoms with Crippen molar-refractivity contribution in [1.29, 1.82) is 0 Å². The summed E-state index contributed by atoms with van der Waals surface area (Å²) in [5.41, 5.74) is -0.662. The van der Waals surface area contributed by atoms with Gasteiger partial charge in [-0.2, -0.15) is 13.2 Å². The predicted molar refractivity (Wildman–Crippen MR) is 60.7 cm³/mol. The summed E-state index contributed by atoms with van der Waals surface area (Å²) < 4.78 is 42.3. The van der Waals surface area contributed by atoms with Crippen molar-refractivity contribution in [3.05, 3.63) is 29.3 Å². The van der Waals surface area contributed by atoms with Gasteiger partial charge in [-0.05, 0) is 12.1 Å². The van der Waals surface area contributed by atoms with Crippen molar-refractivity contribution in [3.8, 4) is 5.75 Å². The molecule has 0 radical (unpaired) electrons. The zero-order valence-electron chi connectivity index (χ0n) is 8.97. The third kappa shape index (κ3) is 3.46. The van der Waals surface area contributed by atoms with Crippen LogP contribution in [0.25, 0.3) is 0 Å². The lowest BCUT2D eigenvalue weighted by molar-refractivity contribution is -0.138. The van der Waals surface area contributed by atoms with Crippen molar-refractivity contribution in [2.45, 2.75) is 12.6 Å². The molecule has 0 saturated heterocycles. The summed E-state index contributed by atoms with van der Waals surface area (Å²) in [6.45, 7) is 0. The second-order valence-corrected chi connectivity index (χ2v) is 4.07. The molecule has 0 atom stereocenters. The third-order valence-electron chi connectivity index (χ3n) is 2.15. The minimum absolute atomic E-state index is 0.217. The molecule has 0 heterocycles. The molecule has 0 aliphatic heterocycles. The van der Waals surface area contributed by atoms with E-state index >= 15 is 0 Å². The summed E-state index contributed by atoms with van der Waals surface area (Å²) >= 11 is 3.10. The first kappa shape index (κ1) is 14.0. The zero-order valence-corrected chi connectivity index (χ0v) is 10.6. The molecule has 2 nitrogen and oxygen atoms in total. The van der Waals surface area contributed by atoms with Crippen LogP contribution in [0.3, 0.4) is 0 Å². The summed E-state index contributed by atoms with van der Waals surface area (Å²) in [6, 6.07) is 3.14. The number of hydrogen-bond donors (Lipinski definition) is 0. The molecule has 6 heteroatoms. The van der Waals surface area contributed by atoms with Gasteiger partial charge in [-0.3, -0.25) is 4.79 Å². The van der Waals surface area contributed by atoms with Gasteiger partial charge >= 0.3 is 6.18 Å².